The summed E-state index contributed by atoms with van der Waals surface area (Å²) in [7, 11) is -2.41. The van der Waals surface area contributed by atoms with E-state index in [2.05, 4.69) is 25.9 Å². The first-order chi connectivity index (χ1) is 10.8. The number of ether oxygens (including phenoxy) is 1. The number of benzene rings is 2. The fourth-order valence-electron chi connectivity index (χ4n) is 1.74. The molecular formula is C15H14BrFN2O3S. The molecule has 0 saturated carbocycles. The highest BCUT2D eigenvalue weighted by molar-refractivity contribution is 9.10. The Morgan fingerprint density at radius 1 is 1.26 bits per heavy atom. The van der Waals surface area contributed by atoms with Gasteiger partial charge in [0, 0.05) is 10.0 Å². The van der Waals surface area contributed by atoms with Gasteiger partial charge in [-0.2, -0.15) is 13.5 Å². The van der Waals surface area contributed by atoms with Crippen LogP contribution in [0.15, 0.2) is 50.9 Å². The summed E-state index contributed by atoms with van der Waals surface area (Å²) in [5.74, 6) is -0.493. The molecule has 0 saturated heterocycles. The van der Waals surface area contributed by atoms with Gasteiger partial charge in [-0.3, -0.25) is 0 Å². The highest BCUT2D eigenvalue weighted by Crippen LogP contribution is 2.25. The molecule has 0 fully saturated rings. The summed E-state index contributed by atoms with van der Waals surface area (Å²) in [6, 6.07) is 8.99. The van der Waals surface area contributed by atoms with Gasteiger partial charge in [0.15, 0.2) is 11.6 Å². The molecule has 0 aliphatic rings. The molecule has 5 nitrogen and oxygen atoms in total. The van der Waals surface area contributed by atoms with E-state index in [0.717, 1.165) is 5.56 Å². The molecule has 2 aromatic carbocycles. The van der Waals surface area contributed by atoms with Crippen LogP contribution in [0.3, 0.4) is 0 Å². The van der Waals surface area contributed by atoms with Gasteiger partial charge in [-0.1, -0.05) is 33.6 Å². The minimum atomic E-state index is -3.75. The van der Waals surface area contributed by atoms with Gasteiger partial charge >= 0.3 is 0 Å². The van der Waals surface area contributed by atoms with Crippen molar-refractivity contribution in [2.75, 3.05) is 7.11 Å². The van der Waals surface area contributed by atoms with Gasteiger partial charge in [0.05, 0.1) is 18.2 Å². The number of hydrazone groups is 1. The number of methoxy groups -OCH3 is 1. The molecule has 0 unspecified atom stereocenters. The Labute approximate surface area is 142 Å². The number of nitrogens with one attached hydrogen (secondary N) is 1. The van der Waals surface area contributed by atoms with Crippen molar-refractivity contribution in [3.63, 3.8) is 0 Å². The second-order valence-corrected chi connectivity index (χ2v) is 7.19. The lowest BCUT2D eigenvalue weighted by Crippen LogP contribution is -2.18. The summed E-state index contributed by atoms with van der Waals surface area (Å²) in [6.07, 6.45) is 1.26. The molecule has 0 bridgehead atoms. The number of sulfonamides is 1. The highest BCUT2D eigenvalue weighted by Gasteiger charge is 2.12. The van der Waals surface area contributed by atoms with Gasteiger partial charge in [0.2, 0.25) is 0 Å². The largest absolute Gasteiger partial charge is 0.494 e. The van der Waals surface area contributed by atoms with Crippen molar-refractivity contribution < 1.29 is 17.5 Å². The smallest absolute Gasteiger partial charge is 0.276 e. The Kier molecular flexibility index (Phi) is 5.38. The maximum Gasteiger partial charge on any atom is 0.276 e. The first-order valence-corrected chi connectivity index (χ1v) is 8.75. The summed E-state index contributed by atoms with van der Waals surface area (Å²) in [5, 5.41) is 3.71. The minimum Gasteiger partial charge on any atom is -0.494 e. The third-order valence-corrected chi connectivity index (χ3v) is 4.90. The average molecular weight is 401 g/mol. The molecule has 0 aliphatic carbocycles. The van der Waals surface area contributed by atoms with Crippen LogP contribution >= 0.6 is 15.9 Å². The van der Waals surface area contributed by atoms with E-state index in [1.54, 1.807) is 12.1 Å². The Morgan fingerprint density at radius 2 is 1.91 bits per heavy atom. The van der Waals surface area contributed by atoms with Crippen molar-refractivity contribution in [1.29, 1.82) is 0 Å². The molecule has 0 aromatic heterocycles. The van der Waals surface area contributed by atoms with Crippen LogP contribution in [0.5, 0.6) is 5.75 Å². The fraction of sp³-hybridized carbons (Fsp3) is 0.133. The summed E-state index contributed by atoms with van der Waals surface area (Å²) in [6.45, 7) is 1.86. The Morgan fingerprint density at radius 3 is 2.52 bits per heavy atom. The summed E-state index contributed by atoms with van der Waals surface area (Å²) in [4.78, 5) is 2.22. The molecule has 8 heteroatoms. The van der Waals surface area contributed by atoms with Crippen molar-refractivity contribution >= 4 is 32.2 Å². The number of hydrogen-bond acceptors (Lipinski definition) is 4. The third kappa shape index (κ3) is 4.29. The second-order valence-electron chi connectivity index (χ2n) is 4.67. The third-order valence-electron chi connectivity index (χ3n) is 2.98. The average Bonchev–Trinajstić information content (AvgIpc) is 2.50. The van der Waals surface area contributed by atoms with E-state index >= 15 is 0 Å². The van der Waals surface area contributed by atoms with Crippen LogP contribution in [-0.2, 0) is 10.0 Å². The first kappa shape index (κ1) is 17.4. The fourth-order valence-corrected chi connectivity index (χ4v) is 2.94. The molecule has 0 spiro atoms. The lowest BCUT2D eigenvalue weighted by Gasteiger charge is -2.06. The number of nitrogens with zero attached hydrogens (tertiary/aromatic N) is 1. The molecule has 2 rings (SSSR count). The predicted octanol–water partition coefficient (Wildman–Crippen LogP) is 3.22. The van der Waals surface area contributed by atoms with E-state index in [1.807, 2.05) is 6.92 Å². The molecule has 2 aromatic rings. The summed E-state index contributed by atoms with van der Waals surface area (Å²) in [5.41, 5.74) is 1.42. The molecule has 0 heterocycles. The Bertz CT molecular complexity index is 837. The predicted molar refractivity (Wildman–Crippen MR) is 89.7 cm³/mol. The second kappa shape index (κ2) is 7.10. The molecule has 23 heavy (non-hydrogen) atoms. The van der Waals surface area contributed by atoms with Gasteiger partial charge < -0.3 is 4.74 Å². The molecular weight excluding hydrogens is 387 g/mol. The maximum absolute atomic E-state index is 13.5. The van der Waals surface area contributed by atoms with Gasteiger partial charge in [-0.25, -0.2) is 9.22 Å². The first-order valence-electron chi connectivity index (χ1n) is 6.48. The van der Waals surface area contributed by atoms with Crippen LogP contribution in [-0.4, -0.2) is 21.7 Å². The van der Waals surface area contributed by atoms with Gasteiger partial charge in [0.1, 0.15) is 0 Å². The monoisotopic (exact) mass is 400 g/mol. The number of hydrogen-bond donors (Lipinski definition) is 1. The maximum atomic E-state index is 13.5. The van der Waals surface area contributed by atoms with Crippen molar-refractivity contribution in [3.05, 3.63) is 57.8 Å². The number of halogens is 2. The van der Waals surface area contributed by atoms with E-state index in [0.29, 0.717) is 10.0 Å². The summed E-state index contributed by atoms with van der Waals surface area (Å²) < 4.78 is 42.9. The Hall–Kier alpha value is -1.93. The van der Waals surface area contributed by atoms with Gasteiger partial charge in [-0.05, 0) is 31.2 Å². The molecule has 0 aliphatic heterocycles. The van der Waals surface area contributed by atoms with Crippen molar-refractivity contribution in [2.24, 2.45) is 5.10 Å². The number of aryl methyl sites for hydroxylation is 1. The number of rotatable bonds is 5. The van der Waals surface area contributed by atoms with E-state index < -0.39 is 15.8 Å². The Balaban J connectivity index is 2.20. The van der Waals surface area contributed by atoms with Crippen molar-refractivity contribution in [2.45, 2.75) is 11.8 Å². The molecule has 0 atom stereocenters. The summed E-state index contributed by atoms with van der Waals surface area (Å²) >= 11 is 3.18. The van der Waals surface area contributed by atoms with E-state index in [1.165, 1.54) is 37.6 Å². The SMILES string of the molecule is COc1cc(/C=N/NS(=O)(=O)c2ccc(C)cc2)c(Br)cc1F. The van der Waals surface area contributed by atoms with Crippen LogP contribution in [0.2, 0.25) is 0 Å². The van der Waals surface area contributed by atoms with Crippen LogP contribution in [0, 0.1) is 12.7 Å². The van der Waals surface area contributed by atoms with Crippen molar-refractivity contribution in [1.82, 2.24) is 4.83 Å². The zero-order chi connectivity index (χ0) is 17.0. The van der Waals surface area contributed by atoms with E-state index in [-0.39, 0.29) is 10.6 Å². The zero-order valence-electron chi connectivity index (χ0n) is 12.4. The van der Waals surface area contributed by atoms with Gasteiger partial charge in [-0.15, -0.1) is 0 Å². The molecule has 1 N–H and O–H groups in total. The van der Waals surface area contributed by atoms with Crippen LogP contribution in [0.25, 0.3) is 0 Å². The lowest BCUT2D eigenvalue weighted by molar-refractivity contribution is 0.386. The van der Waals surface area contributed by atoms with E-state index in [9.17, 15) is 12.8 Å². The van der Waals surface area contributed by atoms with Gasteiger partial charge in [0.25, 0.3) is 10.0 Å². The zero-order valence-corrected chi connectivity index (χ0v) is 14.8. The van der Waals surface area contributed by atoms with Crippen molar-refractivity contribution in [3.8, 4) is 5.75 Å². The quantitative estimate of drug-likeness (QED) is 0.618. The molecule has 0 radical (unpaired) electrons. The standard InChI is InChI=1S/C15H14BrFN2O3S/c1-10-3-5-12(6-4-10)23(20,21)19-18-9-11-7-15(22-2)14(17)8-13(11)16/h3-9,19H,1-2H3/b18-9+. The topological polar surface area (TPSA) is 67.8 Å². The molecule has 0 amide bonds. The van der Waals surface area contributed by atoms with Crippen LogP contribution in [0.1, 0.15) is 11.1 Å². The minimum absolute atomic E-state index is 0.0380. The van der Waals surface area contributed by atoms with Crippen LogP contribution in [0.4, 0.5) is 4.39 Å². The van der Waals surface area contributed by atoms with Crippen LogP contribution < -0.4 is 9.57 Å². The highest BCUT2D eigenvalue weighted by atomic mass is 79.9. The molecule has 122 valence electrons. The normalized spacial score (nSPS) is 11.7. The lowest BCUT2D eigenvalue weighted by atomic mass is 10.2. The van der Waals surface area contributed by atoms with E-state index in [4.69, 9.17) is 4.74 Å².